The molecule has 1 heterocycles. The van der Waals surface area contributed by atoms with E-state index in [0.717, 1.165) is 24.0 Å². The SMILES string of the molecule is COc1cc(CC(=O)N2CCCC2C#Cc2ccc(C(=O)O)cc2)ccc1NC(=O)Nc1ccccc1C. The molecule has 0 bridgehead atoms. The number of anilines is 2. The fraction of sp³-hybridized carbons (Fsp3) is 0.233. The minimum absolute atomic E-state index is 0.0388. The van der Waals surface area contributed by atoms with Gasteiger partial charge < -0.3 is 25.4 Å². The second-order valence-corrected chi connectivity index (χ2v) is 9.00. The van der Waals surface area contributed by atoms with Gasteiger partial charge in [-0.15, -0.1) is 0 Å². The molecule has 3 amide bonds. The Labute approximate surface area is 221 Å². The number of hydrogen-bond acceptors (Lipinski definition) is 4. The molecule has 8 heteroatoms. The highest BCUT2D eigenvalue weighted by molar-refractivity contribution is 6.01. The van der Waals surface area contributed by atoms with Gasteiger partial charge in [-0.25, -0.2) is 9.59 Å². The Hall–Kier alpha value is -4.77. The van der Waals surface area contributed by atoms with E-state index in [9.17, 15) is 14.4 Å². The zero-order valence-electron chi connectivity index (χ0n) is 21.3. The maximum absolute atomic E-state index is 13.1. The molecule has 0 aliphatic carbocycles. The Morgan fingerprint density at radius 2 is 1.76 bits per heavy atom. The van der Waals surface area contributed by atoms with Crippen LogP contribution < -0.4 is 15.4 Å². The monoisotopic (exact) mass is 511 g/mol. The summed E-state index contributed by atoms with van der Waals surface area (Å²) in [6.45, 7) is 2.54. The normalized spacial score (nSPS) is 14.3. The van der Waals surface area contributed by atoms with E-state index in [4.69, 9.17) is 9.84 Å². The molecule has 3 N–H and O–H groups in total. The van der Waals surface area contributed by atoms with Crippen LogP contribution in [0.2, 0.25) is 0 Å². The summed E-state index contributed by atoms with van der Waals surface area (Å²) >= 11 is 0. The van der Waals surface area contributed by atoms with E-state index in [-0.39, 0.29) is 23.9 Å². The lowest BCUT2D eigenvalue weighted by molar-refractivity contribution is -0.130. The lowest BCUT2D eigenvalue weighted by Gasteiger charge is -2.21. The highest BCUT2D eigenvalue weighted by atomic mass is 16.5. The van der Waals surface area contributed by atoms with Crippen LogP contribution in [0, 0.1) is 18.8 Å². The van der Waals surface area contributed by atoms with Crippen molar-refractivity contribution < 1.29 is 24.2 Å². The first-order valence-electron chi connectivity index (χ1n) is 12.3. The largest absolute Gasteiger partial charge is 0.495 e. The highest BCUT2D eigenvalue weighted by Crippen LogP contribution is 2.27. The molecule has 8 nitrogen and oxygen atoms in total. The molecule has 1 saturated heterocycles. The van der Waals surface area contributed by atoms with Crippen LogP contribution in [0.4, 0.5) is 16.2 Å². The molecule has 0 radical (unpaired) electrons. The van der Waals surface area contributed by atoms with Gasteiger partial charge in [0.25, 0.3) is 0 Å². The van der Waals surface area contributed by atoms with E-state index in [2.05, 4.69) is 22.5 Å². The van der Waals surface area contributed by atoms with Gasteiger partial charge in [0.1, 0.15) is 5.75 Å². The number of nitrogens with one attached hydrogen (secondary N) is 2. The molecule has 3 aromatic rings. The standard InChI is InChI=1S/C30H29N3O5/c1-20-6-3-4-8-25(20)31-30(37)32-26-16-12-22(18-27(26)38-2)19-28(34)33-17-5-7-24(33)15-11-21-9-13-23(14-10-21)29(35)36/h3-4,6,8-10,12-14,16,18,24H,5,7,17,19H2,1-2H3,(H,35,36)(H2,31,32,37). The van der Waals surface area contributed by atoms with Crippen molar-refractivity contribution in [3.8, 4) is 17.6 Å². The lowest BCUT2D eigenvalue weighted by atomic mass is 10.1. The molecule has 0 spiro atoms. The zero-order valence-corrected chi connectivity index (χ0v) is 21.3. The number of para-hydroxylation sites is 1. The number of benzene rings is 3. The predicted octanol–water partition coefficient (Wildman–Crippen LogP) is 4.93. The first-order valence-corrected chi connectivity index (χ1v) is 12.3. The summed E-state index contributed by atoms with van der Waals surface area (Å²) < 4.78 is 5.47. The van der Waals surface area contributed by atoms with Gasteiger partial charge in [-0.2, -0.15) is 0 Å². The van der Waals surface area contributed by atoms with Crippen LogP contribution in [0.25, 0.3) is 0 Å². The number of amides is 3. The second-order valence-electron chi connectivity index (χ2n) is 9.00. The Kier molecular flexibility index (Phi) is 8.29. The third-order valence-corrected chi connectivity index (χ3v) is 6.35. The van der Waals surface area contributed by atoms with Crippen LogP contribution in [0.5, 0.6) is 5.75 Å². The summed E-state index contributed by atoms with van der Waals surface area (Å²) in [6, 6.07) is 18.5. The topological polar surface area (TPSA) is 108 Å². The lowest BCUT2D eigenvalue weighted by Crippen LogP contribution is -2.35. The van der Waals surface area contributed by atoms with Crippen LogP contribution in [-0.4, -0.2) is 47.6 Å². The van der Waals surface area contributed by atoms with Crippen molar-refractivity contribution in [3.05, 3.63) is 89.0 Å². The van der Waals surface area contributed by atoms with Crippen molar-refractivity contribution in [2.75, 3.05) is 24.3 Å². The van der Waals surface area contributed by atoms with Gasteiger partial charge in [-0.05, 0) is 73.4 Å². The fourth-order valence-corrected chi connectivity index (χ4v) is 4.29. The average molecular weight is 512 g/mol. The molecule has 1 fully saturated rings. The van der Waals surface area contributed by atoms with Gasteiger partial charge >= 0.3 is 12.0 Å². The molecule has 0 aromatic heterocycles. The van der Waals surface area contributed by atoms with Crippen LogP contribution in [0.3, 0.4) is 0 Å². The number of aromatic carboxylic acids is 1. The van der Waals surface area contributed by atoms with Crippen molar-refractivity contribution in [3.63, 3.8) is 0 Å². The molecule has 0 saturated carbocycles. The second kappa shape index (κ2) is 12.0. The Morgan fingerprint density at radius 1 is 1.03 bits per heavy atom. The van der Waals surface area contributed by atoms with E-state index in [1.807, 2.05) is 31.2 Å². The van der Waals surface area contributed by atoms with Gasteiger partial charge in [0, 0.05) is 17.8 Å². The highest BCUT2D eigenvalue weighted by Gasteiger charge is 2.27. The summed E-state index contributed by atoms with van der Waals surface area (Å²) in [5, 5.41) is 14.7. The molecule has 1 aliphatic rings. The van der Waals surface area contributed by atoms with Gasteiger partial charge in [0.15, 0.2) is 0 Å². The minimum Gasteiger partial charge on any atom is -0.495 e. The average Bonchev–Trinajstić information content (AvgIpc) is 3.39. The Morgan fingerprint density at radius 3 is 2.47 bits per heavy atom. The third-order valence-electron chi connectivity index (χ3n) is 6.35. The van der Waals surface area contributed by atoms with Gasteiger partial charge in [0.05, 0.1) is 30.8 Å². The maximum Gasteiger partial charge on any atom is 0.335 e. The van der Waals surface area contributed by atoms with Crippen LogP contribution in [0.1, 0.15) is 39.9 Å². The number of hydrogen-bond donors (Lipinski definition) is 3. The molecule has 1 atom stereocenters. The van der Waals surface area contributed by atoms with Crippen molar-refractivity contribution in [2.24, 2.45) is 0 Å². The van der Waals surface area contributed by atoms with Crippen molar-refractivity contribution >= 4 is 29.3 Å². The molecule has 38 heavy (non-hydrogen) atoms. The first kappa shape index (κ1) is 26.3. The summed E-state index contributed by atoms with van der Waals surface area (Å²) in [5.74, 6) is 5.67. The van der Waals surface area contributed by atoms with Crippen molar-refractivity contribution in [1.82, 2.24) is 4.90 Å². The number of carbonyl (C=O) groups excluding carboxylic acids is 2. The zero-order chi connectivity index (χ0) is 27.1. The number of rotatable bonds is 6. The number of ether oxygens (including phenoxy) is 1. The summed E-state index contributed by atoms with van der Waals surface area (Å²) in [7, 11) is 1.51. The molecule has 1 aliphatic heterocycles. The molecule has 194 valence electrons. The van der Waals surface area contributed by atoms with Crippen molar-refractivity contribution in [2.45, 2.75) is 32.2 Å². The van der Waals surface area contributed by atoms with E-state index in [1.165, 1.54) is 19.2 Å². The number of carboxylic acids is 1. The number of nitrogens with zero attached hydrogens (tertiary/aromatic N) is 1. The summed E-state index contributed by atoms with van der Waals surface area (Å²) in [5.41, 5.74) is 3.83. The van der Waals surface area contributed by atoms with Crippen LogP contribution >= 0.6 is 0 Å². The Bertz CT molecular complexity index is 1410. The minimum atomic E-state index is -0.983. The quantitative estimate of drug-likeness (QED) is 0.407. The molecule has 3 aromatic carbocycles. The first-order chi connectivity index (χ1) is 18.3. The van der Waals surface area contributed by atoms with Gasteiger partial charge in [0.2, 0.25) is 5.91 Å². The fourth-order valence-electron chi connectivity index (χ4n) is 4.29. The number of likely N-dealkylation sites (tertiary alicyclic amines) is 1. The number of methoxy groups -OCH3 is 1. The molecular weight excluding hydrogens is 482 g/mol. The summed E-state index contributed by atoms with van der Waals surface area (Å²) in [4.78, 5) is 38.4. The number of aryl methyl sites for hydroxylation is 1. The third kappa shape index (κ3) is 6.51. The van der Waals surface area contributed by atoms with Crippen LogP contribution in [-0.2, 0) is 11.2 Å². The molecular formula is C30H29N3O5. The van der Waals surface area contributed by atoms with E-state index in [1.54, 1.807) is 35.2 Å². The van der Waals surface area contributed by atoms with E-state index in [0.29, 0.717) is 29.2 Å². The smallest absolute Gasteiger partial charge is 0.335 e. The number of carbonyl (C=O) groups is 3. The Balaban J connectivity index is 1.39. The maximum atomic E-state index is 13.1. The van der Waals surface area contributed by atoms with Crippen LogP contribution in [0.15, 0.2) is 66.7 Å². The number of urea groups is 1. The number of carboxylic acid groups (broad SMARTS) is 1. The van der Waals surface area contributed by atoms with Crippen molar-refractivity contribution in [1.29, 1.82) is 0 Å². The predicted molar refractivity (Wildman–Crippen MR) is 146 cm³/mol. The summed E-state index contributed by atoms with van der Waals surface area (Å²) in [6.07, 6.45) is 1.83. The van der Waals surface area contributed by atoms with Gasteiger partial charge in [-0.1, -0.05) is 36.1 Å². The van der Waals surface area contributed by atoms with E-state index >= 15 is 0 Å². The van der Waals surface area contributed by atoms with E-state index < -0.39 is 12.0 Å². The molecule has 1 unspecified atom stereocenters. The molecule has 4 rings (SSSR count). The van der Waals surface area contributed by atoms with Gasteiger partial charge in [-0.3, -0.25) is 4.79 Å².